The van der Waals surface area contributed by atoms with Crippen LogP contribution in [0.25, 0.3) is 0 Å². The zero-order valence-corrected chi connectivity index (χ0v) is 15.1. The maximum Gasteiger partial charge on any atom is 0.243 e. The molecule has 27 heavy (non-hydrogen) atoms. The molecule has 8 nitrogen and oxygen atoms in total. The van der Waals surface area contributed by atoms with Crippen LogP contribution < -0.4 is 16.4 Å². The van der Waals surface area contributed by atoms with Gasteiger partial charge in [0.1, 0.15) is 5.82 Å². The first-order valence-electron chi connectivity index (χ1n) is 9.24. The minimum absolute atomic E-state index is 0.0462. The predicted molar refractivity (Wildman–Crippen MR) is 104 cm³/mol. The van der Waals surface area contributed by atoms with Crippen LogP contribution in [-0.4, -0.2) is 46.2 Å². The number of anilines is 2. The normalized spacial score (nSPS) is 16.7. The maximum atomic E-state index is 12.2. The first kappa shape index (κ1) is 17.4. The Kier molecular flexibility index (Phi) is 4.97. The second-order valence-corrected chi connectivity index (χ2v) is 6.64. The molecule has 4 N–H and O–H groups in total. The molecule has 1 amide bonds. The van der Waals surface area contributed by atoms with Crippen molar-refractivity contribution in [2.24, 2.45) is 5.10 Å². The van der Waals surface area contributed by atoms with Crippen LogP contribution in [-0.2, 0) is 17.8 Å². The molecular formula is C19H23N7O. The lowest BCUT2D eigenvalue weighted by atomic mass is 10.0. The number of hydrogen-bond donors (Lipinski definition) is 3. The van der Waals surface area contributed by atoms with Gasteiger partial charge in [-0.05, 0) is 18.5 Å². The zero-order chi connectivity index (χ0) is 18.6. The van der Waals surface area contributed by atoms with Crippen LogP contribution in [0.4, 0.5) is 11.8 Å². The minimum atomic E-state index is 0.0462. The molecule has 4 rings (SSSR count). The molecule has 0 bridgehead atoms. The van der Waals surface area contributed by atoms with Crippen molar-refractivity contribution in [1.29, 1.82) is 0 Å². The average molecular weight is 365 g/mol. The van der Waals surface area contributed by atoms with Gasteiger partial charge in [0.05, 0.1) is 18.0 Å². The number of rotatable bonds is 5. The Hall–Kier alpha value is -3.00. The summed E-state index contributed by atoms with van der Waals surface area (Å²) in [6.07, 6.45) is 2.02. The summed E-state index contributed by atoms with van der Waals surface area (Å²) in [4.78, 5) is 20.9. The van der Waals surface area contributed by atoms with Gasteiger partial charge in [-0.25, -0.2) is 9.99 Å². The number of benzene rings is 1. The van der Waals surface area contributed by atoms with Crippen LogP contribution in [0.3, 0.4) is 0 Å². The third-order valence-electron chi connectivity index (χ3n) is 4.78. The molecule has 0 radical (unpaired) electrons. The van der Waals surface area contributed by atoms with Gasteiger partial charge in [0.2, 0.25) is 11.9 Å². The van der Waals surface area contributed by atoms with E-state index < -0.39 is 0 Å². The number of nitrogens with one attached hydrogen (secondary N) is 2. The van der Waals surface area contributed by atoms with E-state index in [9.17, 15) is 4.79 Å². The largest absolute Gasteiger partial charge is 0.368 e. The van der Waals surface area contributed by atoms with Crippen molar-refractivity contribution in [2.75, 3.05) is 30.7 Å². The molecule has 140 valence electrons. The Labute approximate surface area is 157 Å². The van der Waals surface area contributed by atoms with E-state index in [1.807, 2.05) is 30.3 Å². The summed E-state index contributed by atoms with van der Waals surface area (Å²) in [6.45, 7) is 2.62. The summed E-state index contributed by atoms with van der Waals surface area (Å²) in [6, 6.07) is 9.99. The van der Waals surface area contributed by atoms with Gasteiger partial charge in [0.15, 0.2) is 0 Å². The molecule has 0 saturated heterocycles. The Morgan fingerprint density at radius 2 is 2.00 bits per heavy atom. The first-order chi connectivity index (χ1) is 13.2. The monoisotopic (exact) mass is 365 g/mol. The Morgan fingerprint density at radius 1 is 1.15 bits per heavy atom. The van der Waals surface area contributed by atoms with E-state index in [2.05, 4.69) is 25.7 Å². The van der Waals surface area contributed by atoms with Gasteiger partial charge in [0, 0.05) is 31.5 Å². The van der Waals surface area contributed by atoms with Gasteiger partial charge < -0.3 is 16.4 Å². The van der Waals surface area contributed by atoms with Crippen molar-refractivity contribution in [3.05, 3.63) is 47.2 Å². The van der Waals surface area contributed by atoms with Crippen molar-refractivity contribution in [2.45, 2.75) is 25.8 Å². The number of hydrazone groups is 1. The molecule has 0 atom stereocenters. The number of nitrogens with zero attached hydrogens (tertiary/aromatic N) is 4. The van der Waals surface area contributed by atoms with Crippen molar-refractivity contribution in [3.8, 4) is 0 Å². The maximum absolute atomic E-state index is 12.2. The molecule has 1 aromatic carbocycles. The Bertz CT molecular complexity index is 866. The molecule has 8 heteroatoms. The smallest absolute Gasteiger partial charge is 0.243 e. The highest BCUT2D eigenvalue weighted by Gasteiger charge is 2.21. The molecule has 0 unspecified atom stereocenters. The number of carbonyl (C=O) groups excluding carboxylic acids is 1. The van der Waals surface area contributed by atoms with Crippen LogP contribution in [0.15, 0.2) is 35.4 Å². The molecule has 2 aliphatic rings. The van der Waals surface area contributed by atoms with Gasteiger partial charge in [0.25, 0.3) is 0 Å². The van der Waals surface area contributed by atoms with Crippen molar-refractivity contribution >= 4 is 23.4 Å². The number of carbonyl (C=O) groups is 1. The lowest BCUT2D eigenvalue weighted by Gasteiger charge is -2.24. The van der Waals surface area contributed by atoms with Crippen LogP contribution in [0.1, 0.15) is 29.7 Å². The second-order valence-electron chi connectivity index (χ2n) is 6.64. The Balaban J connectivity index is 1.44. The fourth-order valence-corrected chi connectivity index (χ4v) is 3.42. The highest BCUT2D eigenvalue weighted by atomic mass is 16.2. The third-order valence-corrected chi connectivity index (χ3v) is 4.78. The molecule has 0 fully saturated rings. The molecule has 1 aromatic heterocycles. The molecule has 3 heterocycles. The standard InChI is InChI=1S/C19H23N7O/c20-19-23-16-12-21-9-8-14(16)18(24-19)22-10-11-26-17(27)7-6-15(25-26)13-4-2-1-3-5-13/h1-5,21H,6-12H2,(H3,20,22,23,24). The van der Waals surface area contributed by atoms with Gasteiger partial charge in [-0.1, -0.05) is 30.3 Å². The number of hydrogen-bond acceptors (Lipinski definition) is 7. The van der Waals surface area contributed by atoms with E-state index in [1.54, 1.807) is 5.01 Å². The summed E-state index contributed by atoms with van der Waals surface area (Å²) in [5.74, 6) is 1.07. The summed E-state index contributed by atoms with van der Waals surface area (Å²) in [7, 11) is 0. The van der Waals surface area contributed by atoms with Crippen LogP contribution in [0.2, 0.25) is 0 Å². The summed E-state index contributed by atoms with van der Waals surface area (Å²) in [5, 5.41) is 12.7. The highest BCUT2D eigenvalue weighted by molar-refractivity contribution is 6.04. The number of amides is 1. The van der Waals surface area contributed by atoms with Crippen LogP contribution in [0, 0.1) is 0 Å². The van der Waals surface area contributed by atoms with Crippen LogP contribution >= 0.6 is 0 Å². The third kappa shape index (κ3) is 3.90. The van der Waals surface area contributed by atoms with Gasteiger partial charge >= 0.3 is 0 Å². The minimum Gasteiger partial charge on any atom is -0.368 e. The predicted octanol–water partition coefficient (Wildman–Crippen LogP) is 1.14. The second kappa shape index (κ2) is 7.71. The quantitative estimate of drug-likeness (QED) is 0.733. The fraction of sp³-hybridized carbons (Fsp3) is 0.368. The van der Waals surface area contributed by atoms with E-state index in [0.717, 1.165) is 41.3 Å². The molecule has 2 aromatic rings. The van der Waals surface area contributed by atoms with E-state index in [0.29, 0.717) is 32.5 Å². The van der Waals surface area contributed by atoms with E-state index >= 15 is 0 Å². The highest BCUT2D eigenvalue weighted by Crippen LogP contribution is 2.21. The lowest BCUT2D eigenvalue weighted by Crippen LogP contribution is -2.35. The Morgan fingerprint density at radius 3 is 2.85 bits per heavy atom. The fourth-order valence-electron chi connectivity index (χ4n) is 3.42. The number of nitrogen functional groups attached to an aromatic ring is 1. The molecule has 2 aliphatic heterocycles. The first-order valence-corrected chi connectivity index (χ1v) is 9.24. The van der Waals surface area contributed by atoms with Gasteiger partial charge in [-0.15, -0.1) is 0 Å². The topological polar surface area (TPSA) is 109 Å². The molecular weight excluding hydrogens is 342 g/mol. The van der Waals surface area contributed by atoms with E-state index in [1.165, 1.54) is 0 Å². The molecule has 0 aliphatic carbocycles. The lowest BCUT2D eigenvalue weighted by molar-refractivity contribution is -0.131. The molecule has 0 spiro atoms. The van der Waals surface area contributed by atoms with Crippen molar-refractivity contribution in [1.82, 2.24) is 20.3 Å². The van der Waals surface area contributed by atoms with Gasteiger partial charge in [-0.3, -0.25) is 4.79 Å². The SMILES string of the molecule is Nc1nc2c(c(NCCN3N=C(c4ccccc4)CCC3=O)n1)CCNC2. The van der Waals surface area contributed by atoms with Crippen molar-refractivity contribution in [3.63, 3.8) is 0 Å². The summed E-state index contributed by atoms with van der Waals surface area (Å²) >= 11 is 0. The molecule has 0 saturated carbocycles. The number of fused-ring (bicyclic) bond motifs is 1. The van der Waals surface area contributed by atoms with Crippen LogP contribution in [0.5, 0.6) is 0 Å². The van der Waals surface area contributed by atoms with Crippen molar-refractivity contribution < 1.29 is 4.79 Å². The zero-order valence-electron chi connectivity index (χ0n) is 15.1. The average Bonchev–Trinajstić information content (AvgIpc) is 2.70. The number of nitrogens with two attached hydrogens (primary N) is 1. The van der Waals surface area contributed by atoms with E-state index in [4.69, 9.17) is 5.73 Å². The number of aromatic nitrogens is 2. The van der Waals surface area contributed by atoms with E-state index in [-0.39, 0.29) is 11.9 Å². The van der Waals surface area contributed by atoms with Gasteiger partial charge in [-0.2, -0.15) is 10.1 Å². The summed E-state index contributed by atoms with van der Waals surface area (Å²) in [5.41, 5.74) is 9.88. The summed E-state index contributed by atoms with van der Waals surface area (Å²) < 4.78 is 0.